The van der Waals surface area contributed by atoms with Gasteiger partial charge in [0.1, 0.15) is 0 Å². The summed E-state index contributed by atoms with van der Waals surface area (Å²) in [6.07, 6.45) is -0.559. The molecule has 0 radical (unpaired) electrons. The highest BCUT2D eigenvalue weighted by molar-refractivity contribution is 6.00. The molecule has 1 amide bonds. The number of fused-ring (bicyclic) bond motifs is 1. The van der Waals surface area contributed by atoms with E-state index < -0.39 is 18.0 Å². The van der Waals surface area contributed by atoms with Gasteiger partial charge in [-0.05, 0) is 29.8 Å². The number of aromatic amines is 1. The number of nitrogens with zero attached hydrogens (tertiary/aromatic N) is 1. The van der Waals surface area contributed by atoms with Crippen molar-refractivity contribution in [2.75, 3.05) is 5.32 Å². The molecule has 7 nitrogen and oxygen atoms in total. The molecule has 2 N–H and O–H groups in total. The van der Waals surface area contributed by atoms with Crippen molar-refractivity contribution in [3.8, 4) is 11.3 Å². The van der Waals surface area contributed by atoms with Crippen molar-refractivity contribution in [2.24, 2.45) is 0 Å². The summed E-state index contributed by atoms with van der Waals surface area (Å²) in [5.41, 5.74) is 2.84. The zero-order chi connectivity index (χ0) is 18.8. The Labute approximate surface area is 154 Å². The minimum atomic E-state index is -0.887. The molecule has 0 saturated heterocycles. The molecule has 0 bridgehead atoms. The fourth-order valence-corrected chi connectivity index (χ4v) is 2.96. The SMILES string of the molecule is O=C1O[C@H](C(=O)Nc2cccc(-c3ccc(=O)[nH]n3)c2)Cc2ccccc21. The summed E-state index contributed by atoms with van der Waals surface area (Å²) in [6, 6.07) is 17.1. The minimum absolute atomic E-state index is 0.289. The average Bonchev–Trinajstić information content (AvgIpc) is 2.69. The number of aromatic nitrogens is 2. The van der Waals surface area contributed by atoms with E-state index in [-0.39, 0.29) is 5.56 Å². The van der Waals surface area contributed by atoms with Crippen LogP contribution in [0.3, 0.4) is 0 Å². The van der Waals surface area contributed by atoms with Crippen molar-refractivity contribution in [3.63, 3.8) is 0 Å². The molecule has 0 fully saturated rings. The maximum atomic E-state index is 12.6. The summed E-state index contributed by atoms with van der Waals surface area (Å²) in [5.74, 6) is -0.896. The van der Waals surface area contributed by atoms with E-state index in [0.29, 0.717) is 23.4 Å². The molecule has 1 aliphatic rings. The molecule has 0 spiro atoms. The lowest BCUT2D eigenvalue weighted by Crippen LogP contribution is -2.37. The number of carbonyl (C=O) groups excluding carboxylic acids is 2. The lowest BCUT2D eigenvalue weighted by Gasteiger charge is -2.23. The monoisotopic (exact) mass is 361 g/mol. The van der Waals surface area contributed by atoms with Crippen molar-refractivity contribution in [2.45, 2.75) is 12.5 Å². The molecule has 0 unspecified atom stereocenters. The van der Waals surface area contributed by atoms with Crippen LogP contribution in [0, 0.1) is 0 Å². The standard InChI is InChI=1S/C20H15N3O4/c24-18-9-8-16(22-23-18)13-5-3-6-14(10-13)21-19(25)17-11-12-4-1-2-7-15(12)20(26)27-17/h1-10,17H,11H2,(H,21,25)(H,23,24)/t17-/m0/s1. The summed E-state index contributed by atoms with van der Waals surface area (Å²) >= 11 is 0. The second kappa shape index (κ2) is 6.87. The van der Waals surface area contributed by atoms with E-state index in [9.17, 15) is 14.4 Å². The van der Waals surface area contributed by atoms with Crippen molar-refractivity contribution in [1.82, 2.24) is 10.2 Å². The highest BCUT2D eigenvalue weighted by Crippen LogP contribution is 2.23. The molecule has 1 aromatic heterocycles. The summed E-state index contributed by atoms with van der Waals surface area (Å²) in [5, 5.41) is 9.12. The number of nitrogens with one attached hydrogen (secondary N) is 2. The quantitative estimate of drug-likeness (QED) is 0.696. The second-order valence-corrected chi connectivity index (χ2v) is 6.13. The van der Waals surface area contributed by atoms with Crippen LogP contribution in [0.2, 0.25) is 0 Å². The fourth-order valence-electron chi connectivity index (χ4n) is 2.96. The van der Waals surface area contributed by atoms with Crippen LogP contribution in [0.15, 0.2) is 65.5 Å². The third-order valence-corrected chi connectivity index (χ3v) is 4.29. The number of rotatable bonds is 3. The van der Waals surface area contributed by atoms with Gasteiger partial charge >= 0.3 is 5.97 Å². The zero-order valence-electron chi connectivity index (χ0n) is 14.1. The lowest BCUT2D eigenvalue weighted by atomic mass is 9.98. The molecule has 4 rings (SSSR count). The number of benzene rings is 2. The molecular formula is C20H15N3O4. The number of amides is 1. The predicted molar refractivity (Wildman–Crippen MR) is 98.3 cm³/mol. The van der Waals surface area contributed by atoms with Crippen LogP contribution in [0.1, 0.15) is 15.9 Å². The normalized spacial score (nSPS) is 15.6. The van der Waals surface area contributed by atoms with Crippen LogP contribution in [0.4, 0.5) is 5.69 Å². The Hall–Kier alpha value is -3.74. The van der Waals surface area contributed by atoms with Crippen LogP contribution in [0.5, 0.6) is 0 Å². The summed E-state index contributed by atoms with van der Waals surface area (Å²) in [6.45, 7) is 0. The minimum Gasteiger partial charge on any atom is -0.448 e. The number of hydrogen-bond donors (Lipinski definition) is 2. The summed E-state index contributed by atoms with van der Waals surface area (Å²) in [7, 11) is 0. The van der Waals surface area contributed by atoms with E-state index in [4.69, 9.17) is 4.74 Å². The maximum absolute atomic E-state index is 12.6. The third-order valence-electron chi connectivity index (χ3n) is 4.29. The van der Waals surface area contributed by atoms with Gasteiger partial charge in [0.2, 0.25) is 0 Å². The third kappa shape index (κ3) is 3.48. The molecule has 2 heterocycles. The van der Waals surface area contributed by atoms with Crippen LogP contribution in [-0.2, 0) is 16.0 Å². The van der Waals surface area contributed by atoms with E-state index in [2.05, 4.69) is 15.5 Å². The Morgan fingerprint density at radius 2 is 1.93 bits per heavy atom. The van der Waals surface area contributed by atoms with E-state index in [1.807, 2.05) is 18.2 Å². The molecule has 1 atom stereocenters. The highest BCUT2D eigenvalue weighted by Gasteiger charge is 2.31. The van der Waals surface area contributed by atoms with Gasteiger partial charge in [-0.25, -0.2) is 9.89 Å². The van der Waals surface area contributed by atoms with Gasteiger partial charge in [0, 0.05) is 23.7 Å². The average molecular weight is 361 g/mol. The number of cyclic esters (lactones) is 1. The number of hydrogen-bond acceptors (Lipinski definition) is 5. The van der Waals surface area contributed by atoms with Crippen LogP contribution < -0.4 is 10.9 Å². The zero-order valence-corrected chi connectivity index (χ0v) is 14.1. The van der Waals surface area contributed by atoms with Crippen molar-refractivity contribution >= 4 is 17.6 Å². The van der Waals surface area contributed by atoms with Crippen molar-refractivity contribution in [3.05, 3.63) is 82.1 Å². The Morgan fingerprint density at radius 1 is 1.07 bits per heavy atom. The maximum Gasteiger partial charge on any atom is 0.339 e. The summed E-state index contributed by atoms with van der Waals surface area (Å²) in [4.78, 5) is 35.8. The van der Waals surface area contributed by atoms with Gasteiger partial charge in [0.05, 0.1) is 11.3 Å². The first-order chi connectivity index (χ1) is 13.1. The van der Waals surface area contributed by atoms with Gasteiger partial charge in [-0.1, -0.05) is 30.3 Å². The van der Waals surface area contributed by atoms with Crippen LogP contribution >= 0.6 is 0 Å². The predicted octanol–water partition coefficient (Wildman–Crippen LogP) is 2.16. The van der Waals surface area contributed by atoms with Gasteiger partial charge < -0.3 is 10.1 Å². The lowest BCUT2D eigenvalue weighted by molar-refractivity contribution is -0.125. The first-order valence-electron chi connectivity index (χ1n) is 8.36. The first-order valence-corrected chi connectivity index (χ1v) is 8.36. The smallest absolute Gasteiger partial charge is 0.339 e. The van der Waals surface area contributed by atoms with Gasteiger partial charge in [0.15, 0.2) is 6.10 Å². The molecule has 1 aliphatic heterocycles. The number of esters is 1. The molecule has 3 aromatic rings. The second-order valence-electron chi connectivity index (χ2n) is 6.13. The number of H-pyrrole nitrogens is 1. The van der Waals surface area contributed by atoms with E-state index in [0.717, 1.165) is 11.1 Å². The molecule has 2 aromatic carbocycles. The molecule has 7 heteroatoms. The number of anilines is 1. The Balaban J connectivity index is 1.52. The number of ether oxygens (including phenoxy) is 1. The number of carbonyl (C=O) groups is 2. The fraction of sp³-hybridized carbons (Fsp3) is 0.100. The molecule has 134 valence electrons. The van der Waals surface area contributed by atoms with Crippen molar-refractivity contribution < 1.29 is 14.3 Å². The topological polar surface area (TPSA) is 101 Å². The largest absolute Gasteiger partial charge is 0.448 e. The molecule has 0 saturated carbocycles. The molecule has 27 heavy (non-hydrogen) atoms. The molecular weight excluding hydrogens is 346 g/mol. The Kier molecular flexibility index (Phi) is 4.25. The Morgan fingerprint density at radius 3 is 2.74 bits per heavy atom. The Bertz CT molecular complexity index is 1070. The van der Waals surface area contributed by atoms with Crippen molar-refractivity contribution in [1.29, 1.82) is 0 Å². The van der Waals surface area contributed by atoms with E-state index in [1.54, 1.807) is 36.4 Å². The van der Waals surface area contributed by atoms with Gasteiger partial charge in [-0.2, -0.15) is 5.10 Å². The summed E-state index contributed by atoms with van der Waals surface area (Å²) < 4.78 is 5.27. The van der Waals surface area contributed by atoms with Gasteiger partial charge in [0.25, 0.3) is 11.5 Å². The van der Waals surface area contributed by atoms with Gasteiger partial charge in [-0.3, -0.25) is 9.59 Å². The van der Waals surface area contributed by atoms with Crippen LogP contribution in [-0.4, -0.2) is 28.2 Å². The van der Waals surface area contributed by atoms with E-state index in [1.165, 1.54) is 6.07 Å². The molecule has 0 aliphatic carbocycles. The van der Waals surface area contributed by atoms with Gasteiger partial charge in [-0.15, -0.1) is 0 Å². The van der Waals surface area contributed by atoms with Crippen LogP contribution in [0.25, 0.3) is 11.3 Å². The first kappa shape index (κ1) is 16.7. The highest BCUT2D eigenvalue weighted by atomic mass is 16.5. The van der Waals surface area contributed by atoms with E-state index >= 15 is 0 Å².